The van der Waals surface area contributed by atoms with Gasteiger partial charge in [-0.3, -0.25) is 4.90 Å². The third-order valence-corrected chi connectivity index (χ3v) is 7.01. The summed E-state index contributed by atoms with van der Waals surface area (Å²) >= 11 is 0. The number of fused-ring (bicyclic) bond motifs is 1. The van der Waals surface area contributed by atoms with Crippen molar-refractivity contribution in [2.24, 2.45) is 17.8 Å². The van der Waals surface area contributed by atoms with Crippen LogP contribution in [0.4, 0.5) is 0 Å². The normalized spacial score (nSPS) is 35.1. The van der Waals surface area contributed by atoms with Crippen LogP contribution in [0.25, 0.3) is 5.57 Å². The standard InChI is InChI=1S/C22H31NO/c1-5-17-10-16-11-21-15(3)19(8-9-23(13-16)22(17)21)20-12-18(24-4)7-6-14(20)2/h6-7,12,16-17,21-22H,5,8-11,13H2,1-4H3. The molecular weight excluding hydrogens is 294 g/mol. The van der Waals surface area contributed by atoms with Gasteiger partial charge in [0, 0.05) is 19.1 Å². The number of methoxy groups -OCH3 is 1. The predicted molar refractivity (Wildman–Crippen MR) is 100 cm³/mol. The van der Waals surface area contributed by atoms with Crippen LogP contribution in [-0.4, -0.2) is 31.1 Å². The highest BCUT2D eigenvalue weighted by Gasteiger charge is 2.47. The average Bonchev–Trinajstić information content (AvgIpc) is 2.71. The van der Waals surface area contributed by atoms with Gasteiger partial charge in [0.25, 0.3) is 0 Å². The average molecular weight is 325 g/mol. The van der Waals surface area contributed by atoms with Crippen molar-refractivity contribution in [1.29, 1.82) is 0 Å². The fraction of sp³-hybridized carbons (Fsp3) is 0.636. The lowest BCUT2D eigenvalue weighted by Gasteiger charge is -2.53. The van der Waals surface area contributed by atoms with E-state index in [1.165, 1.54) is 49.9 Å². The minimum Gasteiger partial charge on any atom is -0.497 e. The fourth-order valence-electron chi connectivity index (χ4n) is 5.80. The molecule has 0 radical (unpaired) electrons. The molecule has 1 aliphatic carbocycles. The summed E-state index contributed by atoms with van der Waals surface area (Å²) in [5.41, 5.74) is 6.07. The Hall–Kier alpha value is -1.28. The second kappa shape index (κ2) is 6.22. The molecule has 1 aromatic rings. The van der Waals surface area contributed by atoms with Crippen molar-refractivity contribution in [3.8, 4) is 5.75 Å². The lowest BCUT2D eigenvalue weighted by Crippen LogP contribution is -2.57. The summed E-state index contributed by atoms with van der Waals surface area (Å²) in [6.45, 7) is 9.64. The molecule has 3 fully saturated rings. The van der Waals surface area contributed by atoms with E-state index in [0.717, 1.165) is 29.5 Å². The number of ether oxygens (including phenoxy) is 1. The molecule has 3 heterocycles. The SMILES string of the molecule is CCC1CC2CC3C(C)=C(c4cc(OC)ccc4C)CCN(C2)C13. The Kier molecular flexibility index (Phi) is 4.20. The van der Waals surface area contributed by atoms with Crippen molar-refractivity contribution in [1.82, 2.24) is 4.90 Å². The highest BCUT2D eigenvalue weighted by Crippen LogP contribution is 2.50. The molecule has 0 amide bonds. The van der Waals surface area contributed by atoms with E-state index in [1.807, 2.05) is 0 Å². The third kappa shape index (κ3) is 2.50. The molecule has 130 valence electrons. The number of piperidine rings is 2. The summed E-state index contributed by atoms with van der Waals surface area (Å²) < 4.78 is 5.50. The molecule has 24 heavy (non-hydrogen) atoms. The molecule has 2 saturated heterocycles. The Morgan fingerprint density at radius 3 is 2.79 bits per heavy atom. The monoisotopic (exact) mass is 325 g/mol. The number of hydrogen-bond acceptors (Lipinski definition) is 2. The van der Waals surface area contributed by atoms with Crippen LogP contribution in [0.15, 0.2) is 23.8 Å². The minimum absolute atomic E-state index is 0.769. The third-order valence-electron chi connectivity index (χ3n) is 7.01. The number of rotatable bonds is 3. The molecule has 0 N–H and O–H groups in total. The minimum atomic E-state index is 0.769. The molecule has 1 aromatic carbocycles. The van der Waals surface area contributed by atoms with Crippen LogP contribution in [0.3, 0.4) is 0 Å². The van der Waals surface area contributed by atoms with E-state index < -0.39 is 0 Å². The zero-order chi connectivity index (χ0) is 16.8. The van der Waals surface area contributed by atoms with Crippen molar-refractivity contribution in [2.75, 3.05) is 20.2 Å². The van der Waals surface area contributed by atoms with Crippen LogP contribution in [0.1, 0.15) is 50.7 Å². The molecule has 5 rings (SSSR count). The maximum absolute atomic E-state index is 5.50. The van der Waals surface area contributed by atoms with Crippen molar-refractivity contribution >= 4 is 5.57 Å². The lowest BCUT2D eigenvalue weighted by atomic mass is 9.64. The van der Waals surface area contributed by atoms with Crippen molar-refractivity contribution in [3.05, 3.63) is 34.9 Å². The van der Waals surface area contributed by atoms with Crippen LogP contribution in [0, 0.1) is 24.7 Å². The van der Waals surface area contributed by atoms with Gasteiger partial charge in [0.1, 0.15) is 5.75 Å². The van der Waals surface area contributed by atoms with E-state index in [4.69, 9.17) is 4.74 Å². The van der Waals surface area contributed by atoms with Gasteiger partial charge in [0.15, 0.2) is 0 Å². The lowest BCUT2D eigenvalue weighted by molar-refractivity contribution is -0.0267. The Morgan fingerprint density at radius 1 is 1.21 bits per heavy atom. The molecule has 5 atom stereocenters. The highest BCUT2D eigenvalue weighted by atomic mass is 16.5. The largest absolute Gasteiger partial charge is 0.497 e. The van der Waals surface area contributed by atoms with E-state index in [2.05, 4.69) is 43.9 Å². The van der Waals surface area contributed by atoms with E-state index in [0.29, 0.717) is 0 Å². The zero-order valence-corrected chi connectivity index (χ0v) is 15.6. The maximum Gasteiger partial charge on any atom is 0.119 e. The van der Waals surface area contributed by atoms with Crippen LogP contribution in [0.5, 0.6) is 5.75 Å². The molecule has 0 spiro atoms. The van der Waals surface area contributed by atoms with Crippen molar-refractivity contribution in [3.63, 3.8) is 0 Å². The van der Waals surface area contributed by atoms with Gasteiger partial charge in [0.2, 0.25) is 0 Å². The maximum atomic E-state index is 5.50. The Labute approximate surface area is 146 Å². The highest BCUT2D eigenvalue weighted by molar-refractivity contribution is 5.73. The van der Waals surface area contributed by atoms with Gasteiger partial charge in [-0.05, 0) is 79.7 Å². The number of benzene rings is 1. The number of hydrogen-bond donors (Lipinski definition) is 0. The van der Waals surface area contributed by atoms with Gasteiger partial charge in [-0.25, -0.2) is 0 Å². The molecule has 1 saturated carbocycles. The Morgan fingerprint density at radius 2 is 2.04 bits per heavy atom. The summed E-state index contributed by atoms with van der Waals surface area (Å²) in [5, 5.41) is 0. The second-order valence-corrected chi connectivity index (χ2v) is 8.19. The Balaban J connectivity index is 1.77. The van der Waals surface area contributed by atoms with E-state index >= 15 is 0 Å². The summed E-state index contributed by atoms with van der Waals surface area (Å²) in [6.07, 6.45) is 5.41. The molecule has 2 nitrogen and oxygen atoms in total. The molecule has 2 heteroatoms. The van der Waals surface area contributed by atoms with Crippen molar-refractivity contribution < 1.29 is 4.74 Å². The van der Waals surface area contributed by atoms with Gasteiger partial charge < -0.3 is 4.74 Å². The summed E-state index contributed by atoms with van der Waals surface area (Å²) in [7, 11) is 1.77. The second-order valence-electron chi connectivity index (χ2n) is 8.19. The van der Waals surface area contributed by atoms with Crippen LogP contribution >= 0.6 is 0 Å². The summed E-state index contributed by atoms with van der Waals surface area (Å²) in [6, 6.07) is 7.35. The fourth-order valence-corrected chi connectivity index (χ4v) is 5.80. The summed E-state index contributed by atoms with van der Waals surface area (Å²) in [5.74, 6) is 3.58. The molecule has 0 aromatic heterocycles. The first-order valence-electron chi connectivity index (χ1n) is 9.71. The summed E-state index contributed by atoms with van der Waals surface area (Å²) in [4.78, 5) is 2.84. The molecule has 4 bridgehead atoms. The quantitative estimate of drug-likeness (QED) is 0.782. The number of aryl methyl sites for hydroxylation is 1. The van der Waals surface area contributed by atoms with E-state index in [9.17, 15) is 0 Å². The number of nitrogens with zero attached hydrogens (tertiary/aromatic N) is 1. The zero-order valence-electron chi connectivity index (χ0n) is 15.6. The van der Waals surface area contributed by atoms with Crippen LogP contribution in [-0.2, 0) is 0 Å². The smallest absolute Gasteiger partial charge is 0.119 e. The van der Waals surface area contributed by atoms with Gasteiger partial charge in [-0.1, -0.05) is 25.0 Å². The van der Waals surface area contributed by atoms with E-state index in [-0.39, 0.29) is 0 Å². The van der Waals surface area contributed by atoms with Crippen LogP contribution in [0.2, 0.25) is 0 Å². The van der Waals surface area contributed by atoms with Gasteiger partial charge >= 0.3 is 0 Å². The topological polar surface area (TPSA) is 12.5 Å². The molecule has 5 unspecified atom stereocenters. The first kappa shape index (κ1) is 16.2. The van der Waals surface area contributed by atoms with E-state index in [1.54, 1.807) is 18.3 Å². The van der Waals surface area contributed by atoms with Gasteiger partial charge in [0.05, 0.1) is 7.11 Å². The van der Waals surface area contributed by atoms with Gasteiger partial charge in [-0.15, -0.1) is 0 Å². The first-order chi connectivity index (χ1) is 11.6. The predicted octanol–water partition coefficient (Wildman–Crippen LogP) is 4.92. The van der Waals surface area contributed by atoms with Crippen molar-refractivity contribution in [2.45, 2.75) is 52.5 Å². The molecule has 4 aliphatic rings. The Bertz CT molecular complexity index is 662. The van der Waals surface area contributed by atoms with Gasteiger partial charge in [-0.2, -0.15) is 0 Å². The first-order valence-corrected chi connectivity index (χ1v) is 9.71. The molecule has 3 aliphatic heterocycles. The molecular formula is C22H31NO. The van der Waals surface area contributed by atoms with Crippen LogP contribution < -0.4 is 4.74 Å².